The summed E-state index contributed by atoms with van der Waals surface area (Å²) < 4.78 is 26.0. The number of benzene rings is 3. The second-order valence-electron chi connectivity index (χ2n) is 6.91. The van der Waals surface area contributed by atoms with Crippen LogP contribution in [0.1, 0.15) is 16.7 Å². The van der Waals surface area contributed by atoms with Gasteiger partial charge in [-0.05, 0) is 59.2 Å². The Bertz CT molecular complexity index is 1230. The molecule has 176 valence electrons. The molecule has 2 N–H and O–H groups in total. The molecule has 0 bridgehead atoms. The van der Waals surface area contributed by atoms with Crippen molar-refractivity contribution in [1.29, 1.82) is 0 Å². The first-order valence-corrected chi connectivity index (χ1v) is 9.96. The molecule has 2 amide bonds. The number of hydrogen-bond acceptors (Lipinski definition) is 6. The molecule has 0 aliphatic rings. The number of hydrogen-bond donors (Lipinski definition) is 2. The van der Waals surface area contributed by atoms with Gasteiger partial charge < -0.3 is 0 Å². The van der Waals surface area contributed by atoms with Crippen LogP contribution in [-0.4, -0.2) is 29.2 Å². The molecule has 11 heteroatoms. The molecule has 3 aromatic rings. The van der Waals surface area contributed by atoms with Gasteiger partial charge >= 0.3 is 0 Å². The quantitative estimate of drug-likeness (QED) is 0.128. The van der Waals surface area contributed by atoms with Crippen LogP contribution < -0.4 is 10.9 Å². The third-order valence-corrected chi connectivity index (χ3v) is 4.40. The van der Waals surface area contributed by atoms with E-state index in [-0.39, 0.29) is 5.69 Å². The van der Waals surface area contributed by atoms with E-state index in [0.29, 0.717) is 16.7 Å². The van der Waals surface area contributed by atoms with E-state index >= 15 is 0 Å². The second-order valence-corrected chi connectivity index (χ2v) is 6.91. The number of carbonyl (C=O) groups excluding carboxylic acids is 2. The number of nitro groups is 1. The molecule has 0 radical (unpaired) electrons. The molecule has 3 aromatic carbocycles. The van der Waals surface area contributed by atoms with Gasteiger partial charge in [0.05, 0.1) is 17.4 Å². The Morgan fingerprint density at radius 2 is 1.11 bits per heavy atom. The maximum atomic E-state index is 13.0. The van der Waals surface area contributed by atoms with Crippen molar-refractivity contribution in [3.05, 3.63) is 117 Å². The van der Waals surface area contributed by atoms with E-state index in [1.807, 2.05) is 0 Å². The van der Waals surface area contributed by atoms with E-state index < -0.39 is 33.9 Å². The Balaban J connectivity index is 1.78. The summed E-state index contributed by atoms with van der Waals surface area (Å²) in [6.45, 7) is 0. The van der Waals surface area contributed by atoms with Crippen molar-refractivity contribution < 1.29 is 23.3 Å². The molecule has 35 heavy (non-hydrogen) atoms. The maximum absolute atomic E-state index is 13.0. The van der Waals surface area contributed by atoms with Gasteiger partial charge in [-0.1, -0.05) is 24.3 Å². The highest BCUT2D eigenvalue weighted by Gasteiger charge is 2.18. The molecular formula is C24H17F2N5O4. The highest BCUT2D eigenvalue weighted by molar-refractivity contribution is 6.21. The lowest BCUT2D eigenvalue weighted by Gasteiger charge is -2.05. The minimum absolute atomic E-state index is 0.162. The van der Waals surface area contributed by atoms with Gasteiger partial charge in [0.1, 0.15) is 17.2 Å². The first-order valence-electron chi connectivity index (χ1n) is 9.96. The molecule has 0 saturated carbocycles. The summed E-state index contributed by atoms with van der Waals surface area (Å²) in [5.74, 6) is -2.65. The lowest BCUT2D eigenvalue weighted by Crippen LogP contribution is -2.30. The number of nitro benzene ring substituents is 1. The number of rotatable bonds is 8. The van der Waals surface area contributed by atoms with Gasteiger partial charge in [0, 0.05) is 12.1 Å². The molecule has 0 aromatic heterocycles. The summed E-state index contributed by atoms with van der Waals surface area (Å²) >= 11 is 0. The van der Waals surface area contributed by atoms with Crippen LogP contribution in [0.4, 0.5) is 14.5 Å². The summed E-state index contributed by atoms with van der Waals surface area (Å²) in [6.07, 6.45) is 3.71. The zero-order valence-electron chi connectivity index (χ0n) is 17.9. The third kappa shape index (κ3) is 7.49. The van der Waals surface area contributed by atoms with E-state index in [0.717, 1.165) is 0 Å². The van der Waals surface area contributed by atoms with Crippen LogP contribution in [0, 0.1) is 21.7 Å². The summed E-state index contributed by atoms with van der Waals surface area (Å²) in [5.41, 5.74) is 5.17. The SMILES string of the molecule is O=C(N/N=C\c1ccc(F)cc1)C(=Cc1ccc([N+](=O)[O-])cc1)C(=O)N/N=C\c1ccc(F)cc1. The number of nitrogens with zero attached hydrogens (tertiary/aromatic N) is 3. The zero-order chi connectivity index (χ0) is 25.2. The molecule has 0 aliphatic carbocycles. The normalized spacial score (nSPS) is 10.8. The monoisotopic (exact) mass is 477 g/mol. The molecule has 0 unspecified atom stereocenters. The lowest BCUT2D eigenvalue weighted by molar-refractivity contribution is -0.384. The number of amides is 2. The van der Waals surface area contributed by atoms with E-state index in [4.69, 9.17) is 0 Å². The fourth-order valence-corrected chi connectivity index (χ4v) is 2.64. The summed E-state index contributed by atoms with van der Waals surface area (Å²) in [7, 11) is 0. The summed E-state index contributed by atoms with van der Waals surface area (Å²) in [5, 5.41) is 18.4. The molecule has 0 saturated heterocycles. The van der Waals surface area contributed by atoms with E-state index in [9.17, 15) is 28.5 Å². The highest BCUT2D eigenvalue weighted by Crippen LogP contribution is 2.15. The maximum Gasteiger partial charge on any atom is 0.277 e. The average Bonchev–Trinajstić information content (AvgIpc) is 2.85. The van der Waals surface area contributed by atoms with Crippen LogP contribution in [0.15, 0.2) is 88.6 Å². The van der Waals surface area contributed by atoms with Gasteiger partial charge in [-0.15, -0.1) is 0 Å². The van der Waals surface area contributed by atoms with Crippen LogP contribution >= 0.6 is 0 Å². The molecule has 0 atom stereocenters. The van der Waals surface area contributed by atoms with E-state index in [1.54, 1.807) is 0 Å². The molecule has 9 nitrogen and oxygen atoms in total. The highest BCUT2D eigenvalue weighted by atomic mass is 19.1. The topological polar surface area (TPSA) is 126 Å². The molecule has 0 aliphatic heterocycles. The van der Waals surface area contributed by atoms with Crippen LogP contribution in [0.3, 0.4) is 0 Å². The predicted octanol–water partition coefficient (Wildman–Crippen LogP) is 3.56. The Labute approximate surface area is 197 Å². The number of halogens is 2. The zero-order valence-corrected chi connectivity index (χ0v) is 17.9. The van der Waals surface area contributed by atoms with Crippen LogP contribution in [0.2, 0.25) is 0 Å². The number of hydrazone groups is 2. The number of non-ortho nitro benzene ring substituents is 1. The minimum atomic E-state index is -0.892. The molecule has 0 fully saturated rings. The molecule has 0 heterocycles. The van der Waals surface area contributed by atoms with E-state index in [1.165, 1.54) is 91.3 Å². The van der Waals surface area contributed by atoms with Crippen LogP contribution in [0.25, 0.3) is 6.08 Å². The Morgan fingerprint density at radius 1 is 0.714 bits per heavy atom. The van der Waals surface area contributed by atoms with Crippen molar-refractivity contribution in [1.82, 2.24) is 10.9 Å². The largest absolute Gasteiger partial charge is 0.277 e. The predicted molar refractivity (Wildman–Crippen MR) is 125 cm³/mol. The summed E-state index contributed by atoms with van der Waals surface area (Å²) in [4.78, 5) is 35.6. The van der Waals surface area contributed by atoms with Crippen molar-refractivity contribution >= 4 is 36.0 Å². The smallest absolute Gasteiger partial charge is 0.267 e. The number of carbonyl (C=O) groups is 2. The molecular weight excluding hydrogens is 460 g/mol. The van der Waals surface area contributed by atoms with Crippen LogP contribution in [-0.2, 0) is 9.59 Å². The molecule has 3 rings (SSSR count). The van der Waals surface area contributed by atoms with Crippen molar-refractivity contribution in [2.24, 2.45) is 10.2 Å². The first kappa shape index (κ1) is 24.6. The second kappa shape index (κ2) is 11.7. The van der Waals surface area contributed by atoms with Gasteiger partial charge in [-0.2, -0.15) is 10.2 Å². The van der Waals surface area contributed by atoms with Gasteiger partial charge in [-0.25, -0.2) is 19.6 Å². The van der Waals surface area contributed by atoms with Gasteiger partial charge in [0.15, 0.2) is 0 Å². The van der Waals surface area contributed by atoms with Gasteiger partial charge in [0.25, 0.3) is 17.5 Å². The first-order chi connectivity index (χ1) is 16.8. The summed E-state index contributed by atoms with van der Waals surface area (Å²) in [6, 6.07) is 15.8. The van der Waals surface area contributed by atoms with E-state index in [2.05, 4.69) is 21.1 Å². The van der Waals surface area contributed by atoms with Crippen LogP contribution in [0.5, 0.6) is 0 Å². The minimum Gasteiger partial charge on any atom is -0.267 e. The standard InChI is InChI=1S/C24H17F2N5O4/c25-19-7-1-17(2-8-19)14-27-29-23(32)22(13-16-5-11-21(12-6-16)31(34)35)24(33)30-28-15-18-3-9-20(26)10-4-18/h1-15H,(H,29,32)(H,30,33)/b27-14-,28-15-. The van der Waals surface area contributed by atoms with Crippen molar-refractivity contribution in [3.8, 4) is 0 Å². The third-order valence-electron chi connectivity index (χ3n) is 4.40. The Morgan fingerprint density at radius 3 is 1.51 bits per heavy atom. The Kier molecular flexibility index (Phi) is 8.22. The molecule has 0 spiro atoms. The van der Waals surface area contributed by atoms with Crippen molar-refractivity contribution in [2.45, 2.75) is 0 Å². The number of nitrogens with one attached hydrogen (secondary N) is 2. The van der Waals surface area contributed by atoms with Gasteiger partial charge in [-0.3, -0.25) is 19.7 Å². The lowest BCUT2D eigenvalue weighted by atomic mass is 10.1. The van der Waals surface area contributed by atoms with Crippen molar-refractivity contribution in [2.75, 3.05) is 0 Å². The fraction of sp³-hybridized carbons (Fsp3) is 0. The van der Waals surface area contributed by atoms with Gasteiger partial charge in [0.2, 0.25) is 0 Å². The average molecular weight is 477 g/mol. The van der Waals surface area contributed by atoms with Crippen molar-refractivity contribution in [3.63, 3.8) is 0 Å². The fourth-order valence-electron chi connectivity index (χ4n) is 2.64. The Hall–Kier alpha value is -5.06.